The van der Waals surface area contributed by atoms with Gasteiger partial charge in [-0.25, -0.2) is 0 Å². The molecule has 1 N–H and O–H groups in total. The van der Waals surface area contributed by atoms with Crippen molar-refractivity contribution in [3.63, 3.8) is 0 Å². The van der Waals surface area contributed by atoms with E-state index in [1.807, 2.05) is 6.07 Å². The first kappa shape index (κ1) is 14.0. The second kappa shape index (κ2) is 6.15. The van der Waals surface area contributed by atoms with Crippen molar-refractivity contribution in [2.75, 3.05) is 5.43 Å². The molecule has 6 heteroatoms. The van der Waals surface area contributed by atoms with Gasteiger partial charge in [-0.3, -0.25) is 15.5 Å². The van der Waals surface area contributed by atoms with Crippen LogP contribution in [0.25, 0.3) is 0 Å². The second-order valence-corrected chi connectivity index (χ2v) is 4.96. The molecular formula is C14H16N4O2. The van der Waals surface area contributed by atoms with E-state index in [1.54, 1.807) is 6.07 Å². The average molecular weight is 272 g/mol. The SMILES string of the molecule is C[C@@H]1CCCC/C1=N\Nc1ccc(C#N)cc1[N+](=O)[O-]. The minimum Gasteiger partial charge on any atom is -0.272 e. The summed E-state index contributed by atoms with van der Waals surface area (Å²) in [5.41, 5.74) is 4.29. The number of benzene rings is 1. The summed E-state index contributed by atoms with van der Waals surface area (Å²) in [6.07, 6.45) is 4.35. The van der Waals surface area contributed by atoms with Crippen LogP contribution in [0.2, 0.25) is 0 Å². The first-order valence-corrected chi connectivity index (χ1v) is 6.63. The molecule has 1 aromatic carbocycles. The first-order chi connectivity index (χ1) is 9.61. The number of hydrogen-bond acceptors (Lipinski definition) is 5. The number of nitro groups is 1. The molecule has 1 aliphatic rings. The van der Waals surface area contributed by atoms with Crippen LogP contribution >= 0.6 is 0 Å². The van der Waals surface area contributed by atoms with Crippen molar-refractivity contribution in [2.45, 2.75) is 32.6 Å². The highest BCUT2D eigenvalue weighted by molar-refractivity contribution is 5.88. The molecule has 2 rings (SSSR count). The predicted octanol–water partition coefficient (Wildman–Crippen LogP) is 3.44. The van der Waals surface area contributed by atoms with Gasteiger partial charge in [0.1, 0.15) is 5.69 Å². The molecular weight excluding hydrogens is 256 g/mol. The van der Waals surface area contributed by atoms with E-state index in [-0.39, 0.29) is 11.3 Å². The Morgan fingerprint density at radius 2 is 2.30 bits per heavy atom. The van der Waals surface area contributed by atoms with E-state index in [2.05, 4.69) is 17.5 Å². The molecule has 0 aromatic heterocycles. The summed E-state index contributed by atoms with van der Waals surface area (Å²) >= 11 is 0. The van der Waals surface area contributed by atoms with Crippen LogP contribution in [-0.2, 0) is 0 Å². The smallest absolute Gasteiger partial charge is 0.272 e. The van der Waals surface area contributed by atoms with Crippen LogP contribution in [0.15, 0.2) is 23.3 Å². The van der Waals surface area contributed by atoms with Gasteiger partial charge in [0.05, 0.1) is 16.6 Å². The largest absolute Gasteiger partial charge is 0.295 e. The van der Waals surface area contributed by atoms with E-state index in [0.29, 0.717) is 11.6 Å². The molecule has 0 saturated heterocycles. The summed E-state index contributed by atoms with van der Waals surface area (Å²) < 4.78 is 0. The van der Waals surface area contributed by atoms with Gasteiger partial charge in [-0.2, -0.15) is 10.4 Å². The van der Waals surface area contributed by atoms with Crippen molar-refractivity contribution in [1.29, 1.82) is 5.26 Å². The highest BCUT2D eigenvalue weighted by Gasteiger charge is 2.18. The maximum Gasteiger partial charge on any atom is 0.295 e. The van der Waals surface area contributed by atoms with Crippen molar-refractivity contribution in [3.8, 4) is 6.07 Å². The van der Waals surface area contributed by atoms with Gasteiger partial charge in [-0.1, -0.05) is 13.3 Å². The Morgan fingerprint density at radius 1 is 1.50 bits per heavy atom. The summed E-state index contributed by atoms with van der Waals surface area (Å²) in [7, 11) is 0. The minimum absolute atomic E-state index is 0.128. The number of rotatable bonds is 3. The molecule has 1 atom stereocenters. The fraction of sp³-hybridized carbons (Fsp3) is 0.429. The topological polar surface area (TPSA) is 91.3 Å². The molecule has 1 aliphatic carbocycles. The van der Waals surface area contributed by atoms with Crippen LogP contribution in [0.1, 0.15) is 38.2 Å². The quantitative estimate of drug-likeness (QED) is 0.673. The zero-order chi connectivity index (χ0) is 14.5. The Balaban J connectivity index is 2.23. The molecule has 0 heterocycles. The van der Waals surface area contributed by atoms with E-state index in [0.717, 1.165) is 25.0 Å². The molecule has 0 bridgehead atoms. The average Bonchev–Trinajstić information content (AvgIpc) is 2.46. The van der Waals surface area contributed by atoms with Gasteiger partial charge in [0.15, 0.2) is 0 Å². The third-order valence-corrected chi connectivity index (χ3v) is 3.53. The predicted molar refractivity (Wildman–Crippen MR) is 76.5 cm³/mol. The van der Waals surface area contributed by atoms with E-state index in [4.69, 9.17) is 5.26 Å². The van der Waals surface area contributed by atoms with Crippen LogP contribution in [0.5, 0.6) is 0 Å². The highest BCUT2D eigenvalue weighted by Crippen LogP contribution is 2.26. The lowest BCUT2D eigenvalue weighted by atomic mass is 9.89. The molecule has 0 aliphatic heterocycles. The van der Waals surface area contributed by atoms with Gasteiger partial charge >= 0.3 is 0 Å². The molecule has 104 valence electrons. The summed E-state index contributed by atoms with van der Waals surface area (Å²) in [6, 6.07) is 6.21. The third-order valence-electron chi connectivity index (χ3n) is 3.53. The van der Waals surface area contributed by atoms with Gasteiger partial charge in [0, 0.05) is 11.8 Å². The van der Waals surface area contributed by atoms with Crippen molar-refractivity contribution < 1.29 is 4.92 Å². The molecule has 1 saturated carbocycles. The van der Waals surface area contributed by atoms with Gasteiger partial charge in [-0.15, -0.1) is 0 Å². The van der Waals surface area contributed by atoms with Gasteiger partial charge in [-0.05, 0) is 37.3 Å². The molecule has 0 amide bonds. The number of nitriles is 1. The molecule has 0 unspecified atom stereocenters. The zero-order valence-electron chi connectivity index (χ0n) is 11.3. The van der Waals surface area contributed by atoms with Gasteiger partial charge < -0.3 is 0 Å². The number of nitrogens with zero attached hydrogens (tertiary/aromatic N) is 3. The Kier molecular flexibility index (Phi) is 4.31. The van der Waals surface area contributed by atoms with Crippen molar-refractivity contribution in [3.05, 3.63) is 33.9 Å². The molecule has 1 fully saturated rings. The van der Waals surface area contributed by atoms with E-state index in [1.165, 1.54) is 18.6 Å². The Bertz CT molecular complexity index is 589. The molecule has 0 radical (unpaired) electrons. The van der Waals surface area contributed by atoms with Crippen LogP contribution in [0.3, 0.4) is 0 Å². The van der Waals surface area contributed by atoms with Crippen molar-refractivity contribution >= 4 is 17.1 Å². The van der Waals surface area contributed by atoms with Crippen molar-refractivity contribution in [1.82, 2.24) is 0 Å². The van der Waals surface area contributed by atoms with Crippen LogP contribution in [0, 0.1) is 27.4 Å². The summed E-state index contributed by atoms with van der Waals surface area (Å²) in [4.78, 5) is 10.5. The van der Waals surface area contributed by atoms with Crippen LogP contribution < -0.4 is 5.43 Å². The lowest BCUT2D eigenvalue weighted by molar-refractivity contribution is -0.384. The maximum absolute atomic E-state index is 11.0. The number of nitrogens with one attached hydrogen (secondary N) is 1. The molecule has 0 spiro atoms. The zero-order valence-corrected chi connectivity index (χ0v) is 11.3. The molecule has 6 nitrogen and oxygen atoms in total. The van der Waals surface area contributed by atoms with E-state index >= 15 is 0 Å². The lowest BCUT2D eigenvalue weighted by Crippen LogP contribution is -2.17. The number of hydrogen-bond donors (Lipinski definition) is 1. The fourth-order valence-corrected chi connectivity index (χ4v) is 2.31. The highest BCUT2D eigenvalue weighted by atomic mass is 16.6. The Labute approximate surface area is 117 Å². The monoisotopic (exact) mass is 272 g/mol. The van der Waals surface area contributed by atoms with Crippen molar-refractivity contribution in [2.24, 2.45) is 11.0 Å². The van der Waals surface area contributed by atoms with E-state index in [9.17, 15) is 10.1 Å². The van der Waals surface area contributed by atoms with Crippen LogP contribution in [-0.4, -0.2) is 10.6 Å². The molecule has 20 heavy (non-hydrogen) atoms. The third kappa shape index (κ3) is 3.12. The van der Waals surface area contributed by atoms with E-state index < -0.39 is 4.92 Å². The summed E-state index contributed by atoms with van der Waals surface area (Å²) in [5, 5.41) is 24.1. The normalized spacial score (nSPS) is 20.4. The first-order valence-electron chi connectivity index (χ1n) is 6.63. The van der Waals surface area contributed by atoms with Crippen LogP contribution in [0.4, 0.5) is 11.4 Å². The number of nitro benzene ring substituents is 1. The van der Waals surface area contributed by atoms with Gasteiger partial charge in [0.2, 0.25) is 0 Å². The second-order valence-electron chi connectivity index (χ2n) is 4.96. The lowest BCUT2D eigenvalue weighted by Gasteiger charge is -2.20. The molecule has 1 aromatic rings. The number of hydrazone groups is 1. The Hall–Kier alpha value is -2.42. The summed E-state index contributed by atoms with van der Waals surface area (Å²) in [5.74, 6) is 0.411. The maximum atomic E-state index is 11.0. The van der Waals surface area contributed by atoms with Gasteiger partial charge in [0.25, 0.3) is 5.69 Å². The summed E-state index contributed by atoms with van der Waals surface area (Å²) in [6.45, 7) is 2.12. The standard InChI is InChI=1S/C14H16N4O2/c1-10-4-2-3-5-12(10)16-17-13-7-6-11(9-15)8-14(13)18(19)20/h6-8,10,17H,2-5H2,1H3/b16-12+/t10-/m1/s1. The number of anilines is 1. The minimum atomic E-state index is -0.506. The Morgan fingerprint density at radius 3 is 2.95 bits per heavy atom. The fourth-order valence-electron chi connectivity index (χ4n) is 2.31.